The molecule has 0 amide bonds. The summed E-state index contributed by atoms with van der Waals surface area (Å²) in [6.45, 7) is 2.18. The van der Waals surface area contributed by atoms with Gasteiger partial charge in [-0.15, -0.1) is 0 Å². The fraction of sp³-hybridized carbons (Fsp3) is 0.250. The number of benzene rings is 2. The first kappa shape index (κ1) is 14.5. The maximum Gasteiger partial charge on any atom is 0.144 e. The monoisotopic (exact) mass is 291 g/mol. The maximum absolute atomic E-state index is 14.2. The van der Waals surface area contributed by atoms with Gasteiger partial charge in [0.05, 0.1) is 5.56 Å². The quantitative estimate of drug-likeness (QED) is 0.794. The molecule has 0 bridgehead atoms. The van der Waals surface area contributed by atoms with Gasteiger partial charge in [-0.2, -0.15) is 5.26 Å². The van der Waals surface area contributed by atoms with E-state index in [-0.39, 0.29) is 11.4 Å². The van der Waals surface area contributed by atoms with Crippen LogP contribution in [0.1, 0.15) is 41.2 Å². The Bertz CT molecular complexity index is 764. The lowest BCUT2D eigenvalue weighted by Crippen LogP contribution is -2.06. The van der Waals surface area contributed by atoms with Crippen molar-refractivity contribution in [3.05, 3.63) is 76.1 Å². The number of hydrogen-bond acceptors (Lipinski definition) is 1. The molecule has 0 N–H and O–H groups in total. The second-order valence-electron chi connectivity index (χ2n) is 5.73. The third-order valence-electron chi connectivity index (χ3n) is 4.26. The van der Waals surface area contributed by atoms with Gasteiger partial charge in [-0.25, -0.2) is 4.39 Å². The molecule has 0 radical (unpaired) electrons. The highest BCUT2D eigenvalue weighted by molar-refractivity contribution is 5.71. The summed E-state index contributed by atoms with van der Waals surface area (Å²) < 4.78 is 14.2. The van der Waals surface area contributed by atoms with E-state index in [9.17, 15) is 4.39 Å². The first-order chi connectivity index (χ1) is 10.7. The molecule has 0 fully saturated rings. The number of hydrogen-bond donors (Lipinski definition) is 0. The van der Waals surface area contributed by atoms with Crippen molar-refractivity contribution in [1.29, 1.82) is 5.26 Å². The summed E-state index contributed by atoms with van der Waals surface area (Å²) >= 11 is 0. The number of nitriles is 1. The minimum absolute atomic E-state index is 0.138. The van der Waals surface area contributed by atoms with Crippen LogP contribution in [0.25, 0.3) is 5.57 Å². The predicted molar refractivity (Wildman–Crippen MR) is 86.9 cm³/mol. The molecule has 3 rings (SSSR count). The van der Waals surface area contributed by atoms with Gasteiger partial charge in [0.15, 0.2) is 0 Å². The third-order valence-corrected chi connectivity index (χ3v) is 4.26. The van der Waals surface area contributed by atoms with Gasteiger partial charge < -0.3 is 0 Å². The van der Waals surface area contributed by atoms with Gasteiger partial charge in [0, 0.05) is 0 Å². The van der Waals surface area contributed by atoms with E-state index >= 15 is 0 Å². The molecular formula is C20H18FN. The van der Waals surface area contributed by atoms with Gasteiger partial charge >= 0.3 is 0 Å². The van der Waals surface area contributed by atoms with Crippen molar-refractivity contribution < 1.29 is 4.39 Å². The highest BCUT2D eigenvalue weighted by Crippen LogP contribution is 2.30. The smallest absolute Gasteiger partial charge is 0.144 e. The zero-order valence-electron chi connectivity index (χ0n) is 12.7. The minimum atomic E-state index is -0.353. The molecule has 2 heteroatoms. The van der Waals surface area contributed by atoms with E-state index in [0.717, 1.165) is 24.8 Å². The lowest BCUT2D eigenvalue weighted by molar-refractivity contribution is 0.607. The molecule has 0 saturated carbocycles. The van der Waals surface area contributed by atoms with Crippen molar-refractivity contribution in [1.82, 2.24) is 0 Å². The average molecular weight is 291 g/mol. The minimum Gasteiger partial charge on any atom is -0.205 e. The molecule has 0 heterocycles. The molecule has 0 saturated heterocycles. The Hall–Kier alpha value is -2.40. The Balaban J connectivity index is 1.87. The van der Waals surface area contributed by atoms with Gasteiger partial charge in [-0.05, 0) is 53.2 Å². The predicted octanol–water partition coefficient (Wildman–Crippen LogP) is 4.83. The van der Waals surface area contributed by atoms with Crippen LogP contribution >= 0.6 is 0 Å². The Morgan fingerprint density at radius 1 is 1.14 bits per heavy atom. The Morgan fingerprint density at radius 3 is 2.59 bits per heavy atom. The molecule has 110 valence electrons. The van der Waals surface area contributed by atoms with E-state index in [0.29, 0.717) is 12.0 Å². The lowest BCUT2D eigenvalue weighted by Gasteiger charge is -2.18. The average Bonchev–Trinajstić information content (AvgIpc) is 2.56. The number of fused-ring (bicyclic) bond motifs is 1. The molecule has 0 aliphatic heterocycles. The van der Waals surface area contributed by atoms with Crippen molar-refractivity contribution >= 4 is 5.57 Å². The van der Waals surface area contributed by atoms with Crippen LogP contribution in [-0.4, -0.2) is 0 Å². The van der Waals surface area contributed by atoms with Crippen molar-refractivity contribution in [3.63, 3.8) is 0 Å². The molecule has 1 aliphatic rings. The molecule has 2 aromatic rings. The van der Waals surface area contributed by atoms with E-state index in [1.807, 2.05) is 12.1 Å². The molecule has 1 nitrogen and oxygen atoms in total. The highest BCUT2D eigenvalue weighted by atomic mass is 19.1. The van der Waals surface area contributed by atoms with E-state index in [1.54, 1.807) is 6.07 Å². The maximum atomic E-state index is 14.2. The first-order valence-electron chi connectivity index (χ1n) is 7.71. The van der Waals surface area contributed by atoms with Crippen molar-refractivity contribution in [2.45, 2.75) is 32.6 Å². The zero-order valence-corrected chi connectivity index (χ0v) is 12.7. The van der Waals surface area contributed by atoms with Gasteiger partial charge in [-0.1, -0.05) is 49.8 Å². The number of allylic oxidation sites excluding steroid dienone is 2. The van der Waals surface area contributed by atoms with Crippen molar-refractivity contribution in [3.8, 4) is 6.07 Å². The molecular weight excluding hydrogens is 273 g/mol. The van der Waals surface area contributed by atoms with Crippen LogP contribution in [0.2, 0.25) is 0 Å². The fourth-order valence-electron chi connectivity index (χ4n) is 3.03. The normalized spacial score (nSPS) is 13.2. The Labute approximate surface area is 130 Å². The van der Waals surface area contributed by atoms with E-state index < -0.39 is 0 Å². The fourth-order valence-corrected chi connectivity index (χ4v) is 3.03. The van der Waals surface area contributed by atoms with Crippen molar-refractivity contribution in [2.75, 3.05) is 0 Å². The molecule has 0 atom stereocenters. The van der Waals surface area contributed by atoms with Crippen LogP contribution in [0.3, 0.4) is 0 Å². The highest BCUT2D eigenvalue weighted by Gasteiger charge is 2.18. The number of nitrogens with zero attached hydrogens (tertiary/aromatic N) is 1. The zero-order chi connectivity index (χ0) is 15.5. The molecule has 0 aromatic heterocycles. The van der Waals surface area contributed by atoms with E-state index in [2.05, 4.69) is 37.3 Å². The summed E-state index contributed by atoms with van der Waals surface area (Å²) in [4.78, 5) is 0. The largest absolute Gasteiger partial charge is 0.205 e. The second-order valence-corrected chi connectivity index (χ2v) is 5.73. The summed E-state index contributed by atoms with van der Waals surface area (Å²) in [6, 6.07) is 14.0. The molecule has 0 spiro atoms. The summed E-state index contributed by atoms with van der Waals surface area (Å²) in [6.07, 6.45) is 5.62. The lowest BCUT2D eigenvalue weighted by atomic mass is 9.86. The van der Waals surface area contributed by atoms with E-state index in [4.69, 9.17) is 5.26 Å². The molecule has 1 aliphatic carbocycles. The van der Waals surface area contributed by atoms with E-state index in [1.165, 1.54) is 16.7 Å². The number of rotatable bonds is 3. The summed E-state index contributed by atoms with van der Waals surface area (Å²) in [5, 5.41) is 8.91. The van der Waals surface area contributed by atoms with Gasteiger partial charge in [0.25, 0.3) is 0 Å². The van der Waals surface area contributed by atoms with Crippen molar-refractivity contribution in [2.24, 2.45) is 0 Å². The topological polar surface area (TPSA) is 23.8 Å². The Kier molecular flexibility index (Phi) is 4.06. The van der Waals surface area contributed by atoms with Crippen LogP contribution in [0.5, 0.6) is 0 Å². The SMILES string of the molecule is CCCc1ccc(C2=CCc3c(ccc(C#N)c3F)C2)cc1. The standard InChI is InChI=1S/C20H18FN/c1-2-3-14-4-6-15(7-5-14)16-10-11-19-17(12-16)8-9-18(13-22)20(19)21/h4-10H,2-3,11-12H2,1H3. The van der Waals surface area contributed by atoms with Crippen LogP contribution in [-0.2, 0) is 19.3 Å². The molecule has 2 aromatic carbocycles. The second kappa shape index (κ2) is 6.15. The van der Waals surface area contributed by atoms with Crippen LogP contribution in [0.4, 0.5) is 4.39 Å². The summed E-state index contributed by atoms with van der Waals surface area (Å²) in [7, 11) is 0. The van der Waals surface area contributed by atoms with Crippen LogP contribution in [0, 0.1) is 17.1 Å². The van der Waals surface area contributed by atoms with Gasteiger partial charge in [0.2, 0.25) is 0 Å². The summed E-state index contributed by atoms with van der Waals surface area (Å²) in [5.74, 6) is -0.353. The third kappa shape index (κ3) is 2.67. The summed E-state index contributed by atoms with van der Waals surface area (Å²) in [5.41, 5.74) is 5.60. The first-order valence-corrected chi connectivity index (χ1v) is 7.71. The Morgan fingerprint density at radius 2 is 1.91 bits per heavy atom. The van der Waals surface area contributed by atoms with Gasteiger partial charge in [0.1, 0.15) is 11.9 Å². The van der Waals surface area contributed by atoms with Crippen LogP contribution in [0.15, 0.2) is 42.5 Å². The number of halogens is 1. The molecule has 0 unspecified atom stereocenters. The molecule has 22 heavy (non-hydrogen) atoms. The van der Waals surface area contributed by atoms with Crippen LogP contribution < -0.4 is 0 Å². The van der Waals surface area contributed by atoms with Gasteiger partial charge in [-0.3, -0.25) is 0 Å². The number of aryl methyl sites for hydroxylation is 1.